The summed E-state index contributed by atoms with van der Waals surface area (Å²) in [5, 5.41) is 3.92. The van der Waals surface area contributed by atoms with Gasteiger partial charge in [-0.05, 0) is 36.3 Å². The number of methoxy groups -OCH3 is 1. The van der Waals surface area contributed by atoms with E-state index < -0.39 is 11.9 Å². The third-order valence-corrected chi connectivity index (χ3v) is 3.94. The predicted molar refractivity (Wildman–Crippen MR) is 101 cm³/mol. The lowest BCUT2D eigenvalue weighted by Gasteiger charge is -2.00. The normalized spacial score (nSPS) is 10.8. The van der Waals surface area contributed by atoms with Gasteiger partial charge in [-0.25, -0.2) is 9.59 Å². The summed E-state index contributed by atoms with van der Waals surface area (Å²) in [5.41, 5.74) is 3.06. The summed E-state index contributed by atoms with van der Waals surface area (Å²) in [4.78, 5) is 27.5. The van der Waals surface area contributed by atoms with Crippen LogP contribution in [0.4, 0.5) is 0 Å². The minimum absolute atomic E-state index is 0.122. The van der Waals surface area contributed by atoms with Crippen LogP contribution in [0.1, 0.15) is 27.4 Å². The maximum absolute atomic E-state index is 11.9. The van der Waals surface area contributed by atoms with Crippen molar-refractivity contribution in [2.45, 2.75) is 13.5 Å². The number of nitrogens with zero attached hydrogens (tertiary/aromatic N) is 2. The molecule has 0 bridgehead atoms. The Labute approximate surface area is 161 Å². The Morgan fingerprint density at radius 3 is 2.57 bits per heavy atom. The van der Waals surface area contributed by atoms with E-state index >= 15 is 0 Å². The molecular formula is C21H18N2O5. The number of ether oxygens (including phenoxy) is 2. The lowest BCUT2D eigenvalue weighted by Crippen LogP contribution is -2.01. The summed E-state index contributed by atoms with van der Waals surface area (Å²) < 4.78 is 14.9. The minimum Gasteiger partial charge on any atom is -0.465 e. The van der Waals surface area contributed by atoms with E-state index in [2.05, 4.69) is 14.9 Å². The van der Waals surface area contributed by atoms with Gasteiger partial charge in [-0.3, -0.25) is 0 Å². The van der Waals surface area contributed by atoms with E-state index in [1.54, 1.807) is 30.3 Å². The zero-order valence-electron chi connectivity index (χ0n) is 15.4. The highest BCUT2D eigenvalue weighted by Crippen LogP contribution is 2.20. The minimum atomic E-state index is -0.548. The van der Waals surface area contributed by atoms with E-state index in [9.17, 15) is 9.59 Å². The monoisotopic (exact) mass is 378 g/mol. The van der Waals surface area contributed by atoms with E-state index in [1.165, 1.54) is 13.2 Å². The Hall–Kier alpha value is -3.74. The fraction of sp³-hybridized carbons (Fsp3) is 0.143. The molecule has 0 aliphatic rings. The number of rotatable bonds is 6. The zero-order valence-corrected chi connectivity index (χ0v) is 15.4. The van der Waals surface area contributed by atoms with Crippen molar-refractivity contribution >= 4 is 18.0 Å². The Bertz CT molecular complexity index is 1010. The molecule has 0 unspecified atom stereocenters. The molecule has 3 rings (SSSR count). The van der Waals surface area contributed by atoms with Crippen molar-refractivity contribution in [1.82, 2.24) is 10.1 Å². The summed E-state index contributed by atoms with van der Waals surface area (Å²) in [6, 6.07) is 14.3. The fourth-order valence-corrected chi connectivity index (χ4v) is 2.44. The molecule has 0 amide bonds. The largest absolute Gasteiger partial charge is 0.465 e. The molecule has 0 saturated carbocycles. The van der Waals surface area contributed by atoms with Crippen molar-refractivity contribution in [3.8, 4) is 11.4 Å². The third kappa shape index (κ3) is 4.70. The molecule has 1 aromatic heterocycles. The lowest BCUT2D eigenvalue weighted by molar-refractivity contribution is -0.139. The van der Waals surface area contributed by atoms with Crippen molar-refractivity contribution < 1.29 is 23.6 Å². The average Bonchev–Trinajstić information content (AvgIpc) is 3.19. The first-order chi connectivity index (χ1) is 13.6. The van der Waals surface area contributed by atoms with Gasteiger partial charge in [0.2, 0.25) is 5.82 Å². The van der Waals surface area contributed by atoms with E-state index in [4.69, 9.17) is 9.26 Å². The molecule has 142 valence electrons. The summed E-state index contributed by atoms with van der Waals surface area (Å²) in [6.07, 6.45) is 2.86. The van der Waals surface area contributed by atoms with Crippen molar-refractivity contribution in [2.75, 3.05) is 7.11 Å². The topological polar surface area (TPSA) is 91.5 Å². The molecule has 0 radical (unpaired) electrons. The van der Waals surface area contributed by atoms with Crippen LogP contribution in [0.15, 0.2) is 59.1 Å². The number of carbonyl (C=O) groups is 2. The standard InChI is InChI=1S/C21H18N2O5/c1-14-5-3-4-6-17(14)20-22-18(28-23-20)13-27-19(24)12-9-15-7-10-16(11-8-15)21(25)26-2/h3-12H,13H2,1-2H3/b12-9+. The van der Waals surface area contributed by atoms with Crippen LogP contribution in [0.5, 0.6) is 0 Å². The number of hydrogen-bond acceptors (Lipinski definition) is 7. The molecule has 0 aliphatic carbocycles. The molecule has 0 saturated heterocycles. The quantitative estimate of drug-likeness (QED) is 0.478. The first-order valence-electron chi connectivity index (χ1n) is 8.48. The molecule has 0 aliphatic heterocycles. The lowest BCUT2D eigenvalue weighted by atomic mass is 10.1. The maximum atomic E-state index is 11.9. The Morgan fingerprint density at radius 2 is 1.86 bits per heavy atom. The Morgan fingerprint density at radius 1 is 1.11 bits per heavy atom. The van der Waals surface area contributed by atoms with Crippen molar-refractivity contribution in [2.24, 2.45) is 0 Å². The highest BCUT2D eigenvalue weighted by atomic mass is 16.6. The summed E-state index contributed by atoms with van der Waals surface area (Å²) >= 11 is 0. The molecule has 2 aromatic carbocycles. The van der Waals surface area contributed by atoms with E-state index in [0.29, 0.717) is 11.4 Å². The molecule has 1 heterocycles. The smallest absolute Gasteiger partial charge is 0.337 e. The highest BCUT2D eigenvalue weighted by Gasteiger charge is 2.11. The van der Waals surface area contributed by atoms with Crippen LogP contribution < -0.4 is 0 Å². The molecular weight excluding hydrogens is 360 g/mol. The van der Waals surface area contributed by atoms with Crippen LogP contribution in [0.2, 0.25) is 0 Å². The van der Waals surface area contributed by atoms with Gasteiger partial charge in [0, 0.05) is 11.6 Å². The van der Waals surface area contributed by atoms with Gasteiger partial charge >= 0.3 is 11.9 Å². The van der Waals surface area contributed by atoms with Gasteiger partial charge in [0.15, 0.2) is 6.61 Å². The Kier molecular flexibility index (Phi) is 5.96. The number of benzene rings is 2. The molecule has 28 heavy (non-hydrogen) atoms. The summed E-state index contributed by atoms with van der Waals surface area (Å²) in [7, 11) is 1.32. The molecule has 7 heteroatoms. The molecule has 0 fully saturated rings. The predicted octanol–water partition coefficient (Wildman–Crippen LogP) is 3.59. The first-order valence-corrected chi connectivity index (χ1v) is 8.48. The summed E-state index contributed by atoms with van der Waals surface area (Å²) in [5.74, 6) is -0.305. The molecule has 7 nitrogen and oxygen atoms in total. The number of esters is 2. The van der Waals surface area contributed by atoms with Gasteiger partial charge in [0.05, 0.1) is 12.7 Å². The second-order valence-electron chi connectivity index (χ2n) is 5.88. The van der Waals surface area contributed by atoms with E-state index in [0.717, 1.165) is 16.7 Å². The van der Waals surface area contributed by atoms with Crippen LogP contribution >= 0.6 is 0 Å². The summed E-state index contributed by atoms with van der Waals surface area (Å²) in [6.45, 7) is 1.83. The van der Waals surface area contributed by atoms with E-state index in [1.807, 2.05) is 31.2 Å². The van der Waals surface area contributed by atoms with Crippen molar-refractivity contribution in [3.63, 3.8) is 0 Å². The molecule has 0 N–H and O–H groups in total. The van der Waals surface area contributed by atoms with Crippen LogP contribution in [0, 0.1) is 6.92 Å². The van der Waals surface area contributed by atoms with Gasteiger partial charge in [0.1, 0.15) is 0 Å². The van der Waals surface area contributed by atoms with Crippen LogP contribution in [-0.4, -0.2) is 29.2 Å². The van der Waals surface area contributed by atoms with Crippen molar-refractivity contribution in [3.05, 3.63) is 77.2 Å². The maximum Gasteiger partial charge on any atom is 0.337 e. The van der Waals surface area contributed by atoms with E-state index in [-0.39, 0.29) is 12.5 Å². The van der Waals surface area contributed by atoms with Crippen LogP contribution in [0.3, 0.4) is 0 Å². The highest BCUT2D eigenvalue weighted by molar-refractivity contribution is 5.90. The van der Waals surface area contributed by atoms with Gasteiger partial charge in [-0.15, -0.1) is 0 Å². The van der Waals surface area contributed by atoms with Gasteiger partial charge < -0.3 is 14.0 Å². The second-order valence-corrected chi connectivity index (χ2v) is 5.88. The third-order valence-electron chi connectivity index (χ3n) is 3.94. The van der Waals surface area contributed by atoms with Gasteiger partial charge in [0.25, 0.3) is 5.89 Å². The zero-order chi connectivity index (χ0) is 19.9. The first kappa shape index (κ1) is 19.0. The second kappa shape index (κ2) is 8.77. The van der Waals surface area contributed by atoms with Crippen molar-refractivity contribution in [1.29, 1.82) is 0 Å². The number of aryl methyl sites for hydroxylation is 1. The fourth-order valence-electron chi connectivity index (χ4n) is 2.44. The number of carbonyl (C=O) groups excluding carboxylic acids is 2. The molecule has 0 atom stereocenters. The molecule has 0 spiro atoms. The Balaban J connectivity index is 1.55. The SMILES string of the molecule is COC(=O)c1ccc(/C=C/C(=O)OCc2nc(-c3ccccc3C)no2)cc1. The van der Waals surface area contributed by atoms with Crippen LogP contribution in [0.25, 0.3) is 17.5 Å². The number of aromatic nitrogens is 2. The van der Waals surface area contributed by atoms with Gasteiger partial charge in [-0.2, -0.15) is 4.98 Å². The average molecular weight is 378 g/mol. The number of hydrogen-bond donors (Lipinski definition) is 0. The van der Waals surface area contributed by atoms with Crippen LogP contribution in [-0.2, 0) is 20.9 Å². The van der Waals surface area contributed by atoms with Gasteiger partial charge in [-0.1, -0.05) is 41.6 Å². The molecule has 3 aromatic rings.